The highest BCUT2D eigenvalue weighted by molar-refractivity contribution is 6.46. The summed E-state index contributed by atoms with van der Waals surface area (Å²) in [5.41, 5.74) is -0.0281. The summed E-state index contributed by atoms with van der Waals surface area (Å²) in [5, 5.41) is 3.25. The minimum Gasteiger partial charge on any atom is -0.452 e. The van der Waals surface area contributed by atoms with Crippen molar-refractivity contribution in [1.82, 2.24) is 5.32 Å². The lowest BCUT2D eigenvalue weighted by Crippen LogP contribution is -2.42. The summed E-state index contributed by atoms with van der Waals surface area (Å²) >= 11 is 17.8. The number of halogens is 3. The third kappa shape index (κ3) is 4.75. The fourth-order valence-corrected chi connectivity index (χ4v) is 3.38. The molecule has 0 bridgehead atoms. The van der Waals surface area contributed by atoms with Crippen LogP contribution in [-0.4, -0.2) is 24.5 Å². The van der Waals surface area contributed by atoms with Crippen LogP contribution in [0.2, 0.25) is 15.1 Å². The lowest BCUT2D eigenvalue weighted by molar-refractivity contribution is -0.125. The second-order valence-electron chi connectivity index (χ2n) is 5.73. The Morgan fingerprint density at radius 3 is 2.52 bits per heavy atom. The Morgan fingerprint density at radius 1 is 1.17 bits per heavy atom. The van der Waals surface area contributed by atoms with E-state index in [-0.39, 0.29) is 39.2 Å². The van der Waals surface area contributed by atoms with Crippen LogP contribution in [0.1, 0.15) is 43.0 Å². The van der Waals surface area contributed by atoms with E-state index in [0.29, 0.717) is 5.92 Å². The molecule has 1 fully saturated rings. The third-order valence-corrected chi connectivity index (χ3v) is 5.16. The molecule has 1 amide bonds. The maximum absolute atomic E-state index is 12.1. The molecular weight excluding hydrogens is 361 g/mol. The molecule has 7 heteroatoms. The van der Waals surface area contributed by atoms with Gasteiger partial charge in [0.05, 0.1) is 20.6 Å². The van der Waals surface area contributed by atoms with E-state index < -0.39 is 5.97 Å². The average Bonchev–Trinajstić information content (AvgIpc) is 2.51. The number of esters is 1. The van der Waals surface area contributed by atoms with E-state index in [2.05, 4.69) is 12.2 Å². The second kappa shape index (κ2) is 8.22. The molecule has 4 nitrogen and oxygen atoms in total. The fraction of sp³-hybridized carbons (Fsp3) is 0.500. The van der Waals surface area contributed by atoms with Gasteiger partial charge in [0.15, 0.2) is 6.61 Å². The molecule has 1 aliphatic rings. The van der Waals surface area contributed by atoms with Gasteiger partial charge >= 0.3 is 5.97 Å². The quantitative estimate of drug-likeness (QED) is 0.620. The molecule has 2 atom stereocenters. The number of nitrogens with one attached hydrogen (secondary N) is 1. The van der Waals surface area contributed by atoms with Crippen molar-refractivity contribution in [3.05, 3.63) is 32.8 Å². The summed E-state index contributed by atoms with van der Waals surface area (Å²) in [5.74, 6) is -0.666. The third-order valence-electron chi connectivity index (χ3n) is 4.04. The van der Waals surface area contributed by atoms with E-state index in [4.69, 9.17) is 39.5 Å². The zero-order valence-corrected chi connectivity index (χ0v) is 15.0. The van der Waals surface area contributed by atoms with E-state index in [9.17, 15) is 9.59 Å². The van der Waals surface area contributed by atoms with Crippen LogP contribution in [0.4, 0.5) is 0 Å². The van der Waals surface area contributed by atoms with Crippen molar-refractivity contribution in [3.8, 4) is 0 Å². The minimum atomic E-state index is -0.769. The molecule has 23 heavy (non-hydrogen) atoms. The molecule has 0 aliphatic heterocycles. The first-order valence-corrected chi connectivity index (χ1v) is 8.63. The molecule has 0 aromatic heterocycles. The van der Waals surface area contributed by atoms with Crippen molar-refractivity contribution >= 4 is 46.7 Å². The van der Waals surface area contributed by atoms with Crippen molar-refractivity contribution in [1.29, 1.82) is 0 Å². The number of hydrogen-bond acceptors (Lipinski definition) is 3. The Balaban J connectivity index is 1.91. The highest BCUT2D eigenvalue weighted by Gasteiger charge is 2.24. The minimum absolute atomic E-state index is 0.0190. The monoisotopic (exact) mass is 377 g/mol. The van der Waals surface area contributed by atoms with Crippen LogP contribution >= 0.6 is 34.8 Å². The van der Waals surface area contributed by atoms with Crippen LogP contribution < -0.4 is 5.32 Å². The standard InChI is InChI=1S/C16H18Cl3NO3/c1-9-4-2-3-5-12(9)20-13(21)8-23-16(22)14-10(17)6-7-11(18)15(14)19/h6-7,9,12H,2-5,8H2,1H3,(H,20,21)/t9-,12-/m0/s1. The van der Waals surface area contributed by atoms with Crippen LogP contribution in [0.5, 0.6) is 0 Å². The number of ether oxygens (including phenoxy) is 1. The highest BCUT2D eigenvalue weighted by Crippen LogP contribution is 2.31. The Labute approximate surface area is 150 Å². The average molecular weight is 379 g/mol. The zero-order chi connectivity index (χ0) is 17.0. The molecule has 2 rings (SSSR count). The number of carbonyl (C=O) groups excluding carboxylic acids is 2. The van der Waals surface area contributed by atoms with E-state index in [1.807, 2.05) is 0 Å². The SMILES string of the molecule is C[C@H]1CCCC[C@@H]1NC(=O)COC(=O)c1c(Cl)ccc(Cl)c1Cl. The number of hydrogen-bond donors (Lipinski definition) is 1. The lowest BCUT2D eigenvalue weighted by Gasteiger charge is -2.29. The zero-order valence-electron chi connectivity index (χ0n) is 12.7. The molecule has 1 aliphatic carbocycles. The van der Waals surface area contributed by atoms with Crippen LogP contribution in [0.3, 0.4) is 0 Å². The van der Waals surface area contributed by atoms with Gasteiger partial charge in [0, 0.05) is 6.04 Å². The largest absolute Gasteiger partial charge is 0.452 e. The molecule has 0 heterocycles. The van der Waals surface area contributed by atoms with Crippen molar-refractivity contribution < 1.29 is 14.3 Å². The van der Waals surface area contributed by atoms with Crippen LogP contribution in [0.25, 0.3) is 0 Å². The summed E-state index contributed by atoms with van der Waals surface area (Å²) in [6.45, 7) is 1.74. The Hall–Kier alpha value is -0.970. The van der Waals surface area contributed by atoms with Crippen molar-refractivity contribution in [2.75, 3.05) is 6.61 Å². The number of rotatable bonds is 4. The van der Waals surface area contributed by atoms with E-state index in [0.717, 1.165) is 19.3 Å². The molecular formula is C16H18Cl3NO3. The summed E-state index contributed by atoms with van der Waals surface area (Å²) in [6.07, 6.45) is 4.34. The molecule has 0 spiro atoms. The van der Waals surface area contributed by atoms with Gasteiger partial charge in [-0.2, -0.15) is 0 Å². The van der Waals surface area contributed by atoms with Crippen molar-refractivity contribution in [3.63, 3.8) is 0 Å². The summed E-state index contributed by atoms with van der Waals surface area (Å²) in [7, 11) is 0. The maximum atomic E-state index is 12.1. The van der Waals surface area contributed by atoms with Gasteiger partial charge in [0.1, 0.15) is 0 Å². The van der Waals surface area contributed by atoms with Crippen molar-refractivity contribution in [2.45, 2.75) is 38.6 Å². The van der Waals surface area contributed by atoms with E-state index in [1.165, 1.54) is 18.6 Å². The van der Waals surface area contributed by atoms with Gasteiger partial charge in [-0.05, 0) is 30.9 Å². The number of amides is 1. The van der Waals surface area contributed by atoms with Crippen LogP contribution in [0.15, 0.2) is 12.1 Å². The first-order chi connectivity index (χ1) is 10.9. The molecule has 126 valence electrons. The smallest absolute Gasteiger partial charge is 0.341 e. The van der Waals surface area contributed by atoms with Gasteiger partial charge in [0.2, 0.25) is 0 Å². The molecule has 1 N–H and O–H groups in total. The van der Waals surface area contributed by atoms with E-state index >= 15 is 0 Å². The van der Waals surface area contributed by atoms with Gasteiger partial charge in [-0.15, -0.1) is 0 Å². The summed E-state index contributed by atoms with van der Waals surface area (Å²) < 4.78 is 5.00. The van der Waals surface area contributed by atoms with Crippen LogP contribution in [-0.2, 0) is 9.53 Å². The van der Waals surface area contributed by atoms with Crippen molar-refractivity contribution in [2.24, 2.45) is 5.92 Å². The number of benzene rings is 1. The predicted molar refractivity (Wildman–Crippen MR) is 91.3 cm³/mol. The molecule has 1 aromatic carbocycles. The Kier molecular flexibility index (Phi) is 6.57. The lowest BCUT2D eigenvalue weighted by atomic mass is 9.86. The molecule has 1 saturated carbocycles. The molecule has 0 radical (unpaired) electrons. The van der Waals surface area contributed by atoms with Gasteiger partial charge < -0.3 is 10.1 Å². The Bertz CT molecular complexity index is 606. The normalized spacial score (nSPS) is 20.9. The van der Waals surface area contributed by atoms with E-state index in [1.54, 1.807) is 0 Å². The highest BCUT2D eigenvalue weighted by atomic mass is 35.5. The Morgan fingerprint density at radius 2 is 1.83 bits per heavy atom. The summed E-state index contributed by atoms with van der Waals surface area (Å²) in [6, 6.07) is 3.07. The molecule has 1 aromatic rings. The summed E-state index contributed by atoms with van der Waals surface area (Å²) in [4.78, 5) is 24.0. The molecule has 0 unspecified atom stereocenters. The van der Waals surface area contributed by atoms with Gasteiger partial charge in [0.25, 0.3) is 5.91 Å². The first kappa shape index (κ1) is 18.4. The first-order valence-electron chi connectivity index (χ1n) is 7.50. The fourth-order valence-electron chi connectivity index (χ4n) is 2.70. The van der Waals surface area contributed by atoms with Gasteiger partial charge in [-0.3, -0.25) is 4.79 Å². The topological polar surface area (TPSA) is 55.4 Å². The van der Waals surface area contributed by atoms with Gasteiger partial charge in [-0.1, -0.05) is 54.6 Å². The van der Waals surface area contributed by atoms with Gasteiger partial charge in [-0.25, -0.2) is 4.79 Å². The van der Waals surface area contributed by atoms with Crippen LogP contribution in [0, 0.1) is 5.92 Å². The maximum Gasteiger partial charge on any atom is 0.341 e. The molecule has 0 saturated heterocycles. The number of carbonyl (C=O) groups is 2. The predicted octanol–water partition coefficient (Wildman–Crippen LogP) is 4.50. The second-order valence-corrected chi connectivity index (χ2v) is 6.92.